The molecule has 3 aromatic heterocycles. The summed E-state index contributed by atoms with van der Waals surface area (Å²) in [4.78, 5) is 27.2. The summed E-state index contributed by atoms with van der Waals surface area (Å²) in [7, 11) is 1.60. The number of aliphatic hydroxyl groups is 1. The van der Waals surface area contributed by atoms with Crippen molar-refractivity contribution in [3.05, 3.63) is 59.5 Å². The molecule has 1 saturated carbocycles. The molecule has 0 unspecified atom stereocenters. The number of rotatable bonds is 3. The fourth-order valence-electron chi connectivity index (χ4n) is 5.43. The molecule has 2 amide bonds. The van der Waals surface area contributed by atoms with Crippen LogP contribution >= 0.6 is 0 Å². The van der Waals surface area contributed by atoms with Gasteiger partial charge in [-0.1, -0.05) is 0 Å². The Balaban J connectivity index is 1.35. The van der Waals surface area contributed by atoms with Crippen LogP contribution in [-0.4, -0.2) is 61.4 Å². The third-order valence-electron chi connectivity index (χ3n) is 7.12. The molecule has 9 heteroatoms. The van der Waals surface area contributed by atoms with Crippen LogP contribution in [0, 0.1) is 13.8 Å². The standard InChI is InChI=1S/C25H25N5O4/c1-14-8-16-9-18(4-5-20(16)30(14)24(32)26-3)34-21-6-7-27-29-12-19(15(2)22(21)29)23(31)28-13-25(33)10-17(28)11-25/h4-9,12,17,33H,10-11,13H2,1-3H3,(H,26,32). The highest BCUT2D eigenvalue weighted by molar-refractivity contribution is 5.99. The fourth-order valence-corrected chi connectivity index (χ4v) is 5.43. The van der Waals surface area contributed by atoms with Crippen molar-refractivity contribution in [2.45, 2.75) is 38.3 Å². The number of fused-ring (bicyclic) bond motifs is 3. The van der Waals surface area contributed by atoms with Gasteiger partial charge in [-0.15, -0.1) is 0 Å². The molecule has 34 heavy (non-hydrogen) atoms. The van der Waals surface area contributed by atoms with E-state index in [0.29, 0.717) is 36.4 Å². The van der Waals surface area contributed by atoms with Crippen LogP contribution in [0.3, 0.4) is 0 Å². The molecule has 0 atom stereocenters. The number of hydrogen-bond acceptors (Lipinski definition) is 5. The van der Waals surface area contributed by atoms with E-state index in [0.717, 1.165) is 27.7 Å². The van der Waals surface area contributed by atoms with Crippen molar-refractivity contribution in [2.24, 2.45) is 0 Å². The second kappa shape index (κ2) is 7.07. The predicted octanol–water partition coefficient (Wildman–Crippen LogP) is 3.23. The first-order valence-electron chi connectivity index (χ1n) is 11.3. The first-order valence-corrected chi connectivity index (χ1v) is 11.3. The molecule has 3 fully saturated rings. The zero-order valence-electron chi connectivity index (χ0n) is 19.2. The lowest BCUT2D eigenvalue weighted by Gasteiger charge is -2.31. The Morgan fingerprint density at radius 2 is 2.00 bits per heavy atom. The van der Waals surface area contributed by atoms with Gasteiger partial charge in [0.15, 0.2) is 5.75 Å². The highest BCUT2D eigenvalue weighted by Crippen LogP contribution is 2.45. The molecule has 5 heterocycles. The van der Waals surface area contributed by atoms with Gasteiger partial charge in [-0.2, -0.15) is 5.10 Å². The van der Waals surface area contributed by atoms with Crippen molar-refractivity contribution >= 4 is 28.4 Å². The lowest BCUT2D eigenvalue weighted by Crippen LogP contribution is -2.40. The molecule has 4 aromatic rings. The van der Waals surface area contributed by atoms with E-state index < -0.39 is 5.60 Å². The van der Waals surface area contributed by atoms with Gasteiger partial charge < -0.3 is 20.1 Å². The molecule has 9 nitrogen and oxygen atoms in total. The van der Waals surface area contributed by atoms with Crippen molar-refractivity contribution in [3.63, 3.8) is 0 Å². The lowest BCUT2D eigenvalue weighted by atomic mass is 9.81. The van der Waals surface area contributed by atoms with Gasteiger partial charge in [-0.3, -0.25) is 9.36 Å². The average Bonchev–Trinajstić information content (AvgIpc) is 3.51. The normalized spacial score (nSPS) is 21.2. The molecule has 2 saturated heterocycles. The lowest BCUT2D eigenvalue weighted by molar-refractivity contribution is 0.00705. The van der Waals surface area contributed by atoms with Crippen LogP contribution in [0.15, 0.2) is 42.7 Å². The van der Waals surface area contributed by atoms with Gasteiger partial charge in [0.05, 0.1) is 29.4 Å². The molecule has 1 aliphatic carbocycles. The molecule has 0 radical (unpaired) electrons. The second-order valence-electron chi connectivity index (χ2n) is 9.37. The highest BCUT2D eigenvalue weighted by atomic mass is 16.5. The number of aromatic nitrogens is 3. The minimum atomic E-state index is -0.715. The summed E-state index contributed by atoms with van der Waals surface area (Å²) in [6.45, 7) is 4.16. The Hall–Kier alpha value is -3.85. The van der Waals surface area contributed by atoms with E-state index in [1.807, 2.05) is 38.1 Å². The Bertz CT molecular complexity index is 1490. The van der Waals surface area contributed by atoms with Gasteiger partial charge in [-0.05, 0) is 56.5 Å². The van der Waals surface area contributed by atoms with Crippen molar-refractivity contribution in [3.8, 4) is 11.5 Å². The molecule has 0 spiro atoms. The molecule has 3 aliphatic rings. The van der Waals surface area contributed by atoms with E-state index >= 15 is 0 Å². The zero-order valence-corrected chi connectivity index (χ0v) is 19.2. The van der Waals surface area contributed by atoms with Crippen molar-refractivity contribution in [1.82, 2.24) is 24.4 Å². The quantitative estimate of drug-likeness (QED) is 0.490. The molecule has 2 N–H and O–H groups in total. The van der Waals surface area contributed by atoms with Gasteiger partial charge in [0.1, 0.15) is 11.3 Å². The summed E-state index contributed by atoms with van der Waals surface area (Å²) in [5.74, 6) is 1.11. The molecule has 1 aromatic carbocycles. The van der Waals surface area contributed by atoms with Crippen molar-refractivity contribution in [1.29, 1.82) is 0 Å². The van der Waals surface area contributed by atoms with Gasteiger partial charge in [0, 0.05) is 36.4 Å². The first-order chi connectivity index (χ1) is 16.3. The smallest absolute Gasteiger partial charge is 0.325 e. The van der Waals surface area contributed by atoms with E-state index in [1.165, 1.54) is 0 Å². The number of hydrogen-bond donors (Lipinski definition) is 2. The van der Waals surface area contributed by atoms with E-state index in [-0.39, 0.29) is 18.0 Å². The number of carbonyl (C=O) groups excluding carboxylic acids is 2. The minimum Gasteiger partial charge on any atom is -0.455 e. The molecule has 7 rings (SSSR count). The second-order valence-corrected chi connectivity index (χ2v) is 9.37. The number of nitrogens with one attached hydrogen (secondary N) is 1. The van der Waals surface area contributed by atoms with E-state index in [9.17, 15) is 14.7 Å². The number of ether oxygens (including phenoxy) is 1. The van der Waals surface area contributed by atoms with Gasteiger partial charge >= 0.3 is 6.03 Å². The summed E-state index contributed by atoms with van der Waals surface area (Å²) in [5.41, 5.74) is 2.97. The van der Waals surface area contributed by atoms with Gasteiger partial charge in [0.2, 0.25) is 0 Å². The summed E-state index contributed by atoms with van der Waals surface area (Å²) < 4.78 is 9.53. The van der Waals surface area contributed by atoms with Crippen LogP contribution < -0.4 is 10.1 Å². The third-order valence-corrected chi connectivity index (χ3v) is 7.12. The number of aryl methyl sites for hydroxylation is 2. The minimum absolute atomic E-state index is 0.0835. The molecule has 174 valence electrons. The highest BCUT2D eigenvalue weighted by Gasteiger charge is 2.56. The summed E-state index contributed by atoms with van der Waals surface area (Å²) in [6.07, 6.45) is 4.68. The van der Waals surface area contributed by atoms with Crippen LogP contribution in [0.5, 0.6) is 11.5 Å². The topological polar surface area (TPSA) is 101 Å². The van der Waals surface area contributed by atoms with Gasteiger partial charge in [0.25, 0.3) is 5.91 Å². The maximum Gasteiger partial charge on any atom is 0.325 e. The summed E-state index contributed by atoms with van der Waals surface area (Å²) in [5, 5.41) is 18.3. The number of carbonyl (C=O) groups is 2. The zero-order chi connectivity index (χ0) is 23.8. The first kappa shape index (κ1) is 20.7. The summed E-state index contributed by atoms with van der Waals surface area (Å²) in [6, 6.07) is 9.20. The Labute approximate surface area is 195 Å². The van der Waals surface area contributed by atoms with E-state index in [1.54, 1.807) is 39.5 Å². The van der Waals surface area contributed by atoms with Crippen LogP contribution in [0.4, 0.5) is 4.79 Å². The Morgan fingerprint density at radius 3 is 2.71 bits per heavy atom. The SMILES string of the molecule is CNC(=O)n1c(C)cc2cc(Oc3ccnn4cc(C(=O)N5CC6(O)CC5C6)c(C)c34)ccc21. The van der Waals surface area contributed by atoms with Crippen LogP contribution in [0.2, 0.25) is 0 Å². The Morgan fingerprint density at radius 1 is 1.21 bits per heavy atom. The maximum atomic E-state index is 13.2. The molecule has 2 aliphatic heterocycles. The predicted molar refractivity (Wildman–Crippen MR) is 126 cm³/mol. The van der Waals surface area contributed by atoms with E-state index in [4.69, 9.17) is 4.74 Å². The largest absolute Gasteiger partial charge is 0.455 e. The number of nitrogens with zero attached hydrogens (tertiary/aromatic N) is 4. The fraction of sp³-hybridized carbons (Fsp3) is 0.320. The number of amides is 2. The molecular weight excluding hydrogens is 434 g/mol. The van der Waals surface area contributed by atoms with Crippen LogP contribution in [-0.2, 0) is 0 Å². The summed E-state index contributed by atoms with van der Waals surface area (Å²) >= 11 is 0. The van der Waals surface area contributed by atoms with E-state index in [2.05, 4.69) is 10.4 Å². The maximum absolute atomic E-state index is 13.2. The van der Waals surface area contributed by atoms with Crippen LogP contribution in [0.25, 0.3) is 16.4 Å². The number of benzene rings is 1. The van der Waals surface area contributed by atoms with Gasteiger partial charge in [-0.25, -0.2) is 9.31 Å². The van der Waals surface area contributed by atoms with Crippen LogP contribution in [0.1, 0.15) is 34.5 Å². The third kappa shape index (κ3) is 2.93. The van der Waals surface area contributed by atoms with Crippen molar-refractivity contribution in [2.75, 3.05) is 13.6 Å². The Kier molecular flexibility index (Phi) is 4.31. The average molecular weight is 460 g/mol. The van der Waals surface area contributed by atoms with Crippen molar-refractivity contribution < 1.29 is 19.4 Å². The monoisotopic (exact) mass is 459 g/mol. The molecular formula is C25H25N5O4. The molecule has 2 bridgehead atoms.